The highest BCUT2D eigenvalue weighted by molar-refractivity contribution is 7.90. The summed E-state index contributed by atoms with van der Waals surface area (Å²) in [6.45, 7) is 9.03. The molecule has 8 nitrogen and oxygen atoms in total. The normalized spacial score (nSPS) is 17.7. The number of urea groups is 1. The van der Waals surface area contributed by atoms with Gasteiger partial charge in [0.2, 0.25) is 15.7 Å². The molecule has 0 N–H and O–H groups in total. The number of nitriles is 1. The van der Waals surface area contributed by atoms with Crippen LogP contribution in [0.25, 0.3) is 4.85 Å². The van der Waals surface area contributed by atoms with Crippen molar-refractivity contribution in [3.05, 3.63) is 82.0 Å². The van der Waals surface area contributed by atoms with Gasteiger partial charge in [-0.15, -0.1) is 0 Å². The van der Waals surface area contributed by atoms with Crippen molar-refractivity contribution in [1.29, 1.82) is 5.26 Å². The molecule has 1 aliphatic rings. The summed E-state index contributed by atoms with van der Waals surface area (Å²) in [7, 11) is -4.40. The highest BCUT2D eigenvalue weighted by atomic mass is 32.2. The smallest absolute Gasteiger partial charge is 0.416 e. The van der Waals surface area contributed by atoms with Crippen molar-refractivity contribution in [2.24, 2.45) is 0 Å². The maximum Gasteiger partial charge on any atom is 0.416 e. The first-order valence-corrected chi connectivity index (χ1v) is 13.1. The van der Waals surface area contributed by atoms with Gasteiger partial charge in [0, 0.05) is 23.0 Å². The van der Waals surface area contributed by atoms with Crippen LogP contribution in [0, 0.1) is 17.9 Å². The molecule has 2 atom stereocenters. The minimum Gasteiger partial charge on any atom is -0.612 e. The largest absolute Gasteiger partial charge is 0.612 e. The third-order valence-corrected chi connectivity index (χ3v) is 7.29. The van der Waals surface area contributed by atoms with Gasteiger partial charge in [0.05, 0.1) is 30.0 Å². The second kappa shape index (κ2) is 9.26. The Kier molecular flexibility index (Phi) is 6.90. The number of nitrogens with zero attached hydrogens (tertiary/aromatic N) is 4. The van der Waals surface area contributed by atoms with E-state index >= 15 is 0 Å². The highest BCUT2D eigenvalue weighted by Gasteiger charge is 2.47. The van der Waals surface area contributed by atoms with Crippen LogP contribution < -0.4 is 4.90 Å². The van der Waals surface area contributed by atoms with Gasteiger partial charge in [0.15, 0.2) is 4.90 Å². The van der Waals surface area contributed by atoms with E-state index in [9.17, 15) is 36.2 Å². The molecular formula is C22H17F3N4O4S2. The lowest BCUT2D eigenvalue weighted by Crippen LogP contribution is -2.51. The minimum absolute atomic E-state index is 0.0389. The van der Waals surface area contributed by atoms with Crippen molar-refractivity contribution < 1.29 is 30.9 Å². The standard InChI is InChI=1S/C22H17F3N4O4S2/c1-13-19(27-2)20(17-9-8-14(12-26)10-18(17)34(3)31)29(35(4,32)33)21(30)28(13)16-7-5-6-15(11-16)22(23,24)25/h5-11,20H,1,3-4H3/t20-,34+/m1/s1. The van der Waals surface area contributed by atoms with Crippen molar-refractivity contribution in [3.63, 3.8) is 0 Å². The molecule has 0 saturated heterocycles. The van der Waals surface area contributed by atoms with Crippen molar-refractivity contribution in [1.82, 2.24) is 4.31 Å². The Bertz CT molecular complexity index is 1420. The molecule has 1 aliphatic heterocycles. The first kappa shape index (κ1) is 26.1. The van der Waals surface area contributed by atoms with Crippen LogP contribution in [0.4, 0.5) is 23.7 Å². The van der Waals surface area contributed by atoms with E-state index < -0.39 is 45.0 Å². The number of hydrogen-bond acceptors (Lipinski definition) is 5. The Labute approximate surface area is 202 Å². The number of halogens is 3. The molecule has 2 aromatic carbocycles. The molecule has 0 saturated carbocycles. The third-order valence-electron chi connectivity index (χ3n) is 5.24. The van der Waals surface area contributed by atoms with E-state index in [4.69, 9.17) is 6.57 Å². The van der Waals surface area contributed by atoms with E-state index in [0.29, 0.717) is 10.4 Å². The Hall–Kier alpha value is -3.52. The summed E-state index contributed by atoms with van der Waals surface area (Å²) in [6.07, 6.45) is -2.72. The van der Waals surface area contributed by atoms with Crippen LogP contribution >= 0.6 is 0 Å². The number of alkyl halides is 3. The summed E-state index contributed by atoms with van der Waals surface area (Å²) in [5.41, 5.74) is -1.55. The number of anilines is 1. The van der Waals surface area contributed by atoms with Gasteiger partial charge >= 0.3 is 12.2 Å². The van der Waals surface area contributed by atoms with Gasteiger partial charge in [-0.25, -0.2) is 22.4 Å². The fraction of sp³-hybridized carbons (Fsp3) is 0.227. The topological polar surface area (TPSA) is 109 Å². The zero-order chi connectivity index (χ0) is 26.3. The Morgan fingerprint density at radius 3 is 2.40 bits per heavy atom. The second-order valence-corrected chi connectivity index (χ2v) is 10.7. The van der Waals surface area contributed by atoms with Gasteiger partial charge in [0.1, 0.15) is 12.3 Å². The number of carbonyl (C=O) groups is 1. The number of sulfonamides is 1. The number of allylic oxidation sites excluding steroid dienone is 1. The van der Waals surface area contributed by atoms with Gasteiger partial charge in [-0.3, -0.25) is 4.90 Å². The average molecular weight is 523 g/mol. The molecule has 0 radical (unpaired) electrons. The van der Waals surface area contributed by atoms with Crippen molar-refractivity contribution in [2.45, 2.75) is 24.0 Å². The Balaban J connectivity index is 2.35. The van der Waals surface area contributed by atoms with Crippen molar-refractivity contribution in [2.75, 3.05) is 17.4 Å². The van der Waals surface area contributed by atoms with Crippen LogP contribution in [-0.2, 0) is 27.4 Å². The fourth-order valence-corrected chi connectivity index (χ4v) is 5.50. The summed E-state index contributed by atoms with van der Waals surface area (Å²) < 4.78 is 78.3. The number of rotatable bonds is 4. The van der Waals surface area contributed by atoms with E-state index in [1.807, 2.05) is 6.07 Å². The molecule has 2 aromatic rings. The van der Waals surface area contributed by atoms with Crippen LogP contribution in [-0.4, -0.2) is 35.8 Å². The Morgan fingerprint density at radius 2 is 1.89 bits per heavy atom. The lowest BCUT2D eigenvalue weighted by molar-refractivity contribution is -0.137. The molecule has 0 spiro atoms. The summed E-state index contributed by atoms with van der Waals surface area (Å²) in [5, 5.41) is 9.20. The van der Waals surface area contributed by atoms with Crippen molar-refractivity contribution >= 4 is 32.9 Å². The number of benzene rings is 2. The van der Waals surface area contributed by atoms with Gasteiger partial charge in [-0.2, -0.15) is 18.4 Å². The highest BCUT2D eigenvalue weighted by Crippen LogP contribution is 2.44. The maximum atomic E-state index is 13.5. The average Bonchev–Trinajstić information content (AvgIpc) is 2.77. The summed E-state index contributed by atoms with van der Waals surface area (Å²) in [6, 6.07) is 6.76. The molecule has 35 heavy (non-hydrogen) atoms. The van der Waals surface area contributed by atoms with Crippen molar-refractivity contribution in [3.8, 4) is 6.07 Å². The molecule has 182 valence electrons. The third kappa shape index (κ3) is 4.84. The molecule has 0 aliphatic carbocycles. The van der Waals surface area contributed by atoms with Crippen LogP contribution in [0.3, 0.4) is 0 Å². The quantitative estimate of drug-likeness (QED) is 0.437. The number of hydrogen-bond donors (Lipinski definition) is 0. The molecule has 13 heteroatoms. The molecule has 0 unspecified atom stereocenters. The van der Waals surface area contributed by atoms with E-state index in [1.165, 1.54) is 37.4 Å². The van der Waals surface area contributed by atoms with Crippen LogP contribution in [0.2, 0.25) is 0 Å². The first-order chi connectivity index (χ1) is 16.2. The van der Waals surface area contributed by atoms with E-state index in [0.717, 1.165) is 23.3 Å². The summed E-state index contributed by atoms with van der Waals surface area (Å²) >= 11 is -1.74. The molecule has 0 aromatic heterocycles. The SMILES string of the molecule is [C-]#[N+]C1=C(C)N(c2cccc(C(F)(F)F)c2)C(=O)N(S(C)(=O)=O)[C@@H]1c1ccc(C#N)cc1[S@+](C)[O-]. The monoisotopic (exact) mass is 522 g/mol. The predicted octanol–water partition coefficient (Wildman–Crippen LogP) is 4.41. The predicted molar refractivity (Wildman–Crippen MR) is 122 cm³/mol. The minimum atomic E-state index is -4.73. The molecule has 0 bridgehead atoms. The Morgan fingerprint density at radius 1 is 1.23 bits per heavy atom. The lowest BCUT2D eigenvalue weighted by Gasteiger charge is -2.40. The fourth-order valence-electron chi connectivity index (χ4n) is 3.73. The number of carbonyl (C=O) groups excluding carboxylic acids is 1. The summed E-state index contributed by atoms with van der Waals surface area (Å²) in [5.74, 6) is 0. The number of amides is 2. The molecule has 1 heterocycles. The van der Waals surface area contributed by atoms with Gasteiger partial charge in [-0.05, 0) is 42.4 Å². The van der Waals surface area contributed by atoms with Crippen LogP contribution in [0.15, 0.2) is 58.8 Å². The van der Waals surface area contributed by atoms with E-state index in [2.05, 4.69) is 4.85 Å². The zero-order valence-corrected chi connectivity index (χ0v) is 20.1. The van der Waals surface area contributed by atoms with Crippen LogP contribution in [0.5, 0.6) is 0 Å². The van der Waals surface area contributed by atoms with E-state index in [1.54, 1.807) is 0 Å². The molecular weight excluding hydrogens is 505 g/mol. The maximum absolute atomic E-state index is 13.5. The zero-order valence-electron chi connectivity index (χ0n) is 18.5. The summed E-state index contributed by atoms with van der Waals surface area (Å²) in [4.78, 5) is 17.7. The second-order valence-electron chi connectivity index (χ2n) is 7.53. The molecule has 3 rings (SSSR count). The van der Waals surface area contributed by atoms with Gasteiger partial charge in [-0.1, -0.05) is 12.1 Å². The molecule has 2 amide bonds. The van der Waals surface area contributed by atoms with Crippen LogP contribution in [0.1, 0.15) is 29.7 Å². The van der Waals surface area contributed by atoms with Gasteiger partial charge < -0.3 is 4.55 Å². The first-order valence-electron chi connectivity index (χ1n) is 9.68. The van der Waals surface area contributed by atoms with Gasteiger partial charge in [0.25, 0.3) is 0 Å². The lowest BCUT2D eigenvalue weighted by atomic mass is 9.98. The molecule has 0 fully saturated rings. The van der Waals surface area contributed by atoms with E-state index in [-0.39, 0.29) is 33.1 Å².